The lowest BCUT2D eigenvalue weighted by molar-refractivity contribution is -0.126. The van der Waals surface area contributed by atoms with E-state index < -0.39 is 5.79 Å². The topological polar surface area (TPSA) is 35.5 Å². The molecule has 78 valence electrons. The Hall–Kier alpha value is -0.670. The van der Waals surface area contributed by atoms with Gasteiger partial charge < -0.3 is 14.3 Å². The largest absolute Gasteiger partial charge is 0.344 e. The number of carbonyl (C=O) groups excluding carboxylic acids is 1. The quantitative estimate of drug-likeness (QED) is 0.510. The molecule has 2 rings (SSSR count). The van der Waals surface area contributed by atoms with Gasteiger partial charge in [0.05, 0.1) is 13.2 Å². The maximum Gasteiger partial charge on any atom is 0.191 e. The summed E-state index contributed by atoms with van der Waals surface area (Å²) >= 11 is 0. The lowest BCUT2D eigenvalue weighted by Gasteiger charge is -2.25. The van der Waals surface area contributed by atoms with Crippen molar-refractivity contribution in [1.29, 1.82) is 0 Å². The minimum absolute atomic E-state index is 0.451. The van der Waals surface area contributed by atoms with Crippen LogP contribution in [0.1, 0.15) is 32.6 Å². The summed E-state index contributed by atoms with van der Waals surface area (Å²) < 4.78 is 11.4. The van der Waals surface area contributed by atoms with Gasteiger partial charge in [-0.25, -0.2) is 0 Å². The summed E-state index contributed by atoms with van der Waals surface area (Å²) in [6.45, 7) is 3.47. The number of hydrogen-bond acceptors (Lipinski definition) is 3. The molecule has 14 heavy (non-hydrogen) atoms. The smallest absolute Gasteiger partial charge is 0.191 e. The third kappa shape index (κ3) is 1.51. The van der Waals surface area contributed by atoms with Crippen molar-refractivity contribution < 1.29 is 14.3 Å². The second-order valence-corrected chi connectivity index (χ2v) is 3.91. The van der Waals surface area contributed by atoms with Gasteiger partial charge in [-0.3, -0.25) is 0 Å². The maximum absolute atomic E-state index is 10.4. The Bertz CT molecular complexity index is 262. The summed E-state index contributed by atoms with van der Waals surface area (Å²) in [5.41, 5.74) is 2.55. The van der Waals surface area contributed by atoms with Crippen molar-refractivity contribution in [1.82, 2.24) is 0 Å². The maximum atomic E-state index is 10.4. The van der Waals surface area contributed by atoms with E-state index in [-0.39, 0.29) is 0 Å². The molecular weight excluding hydrogens is 180 g/mol. The van der Waals surface area contributed by atoms with Crippen LogP contribution in [0.3, 0.4) is 0 Å². The van der Waals surface area contributed by atoms with Crippen LogP contribution in [0.15, 0.2) is 11.1 Å². The van der Waals surface area contributed by atoms with Crippen molar-refractivity contribution in [3.63, 3.8) is 0 Å². The first-order valence-electron chi connectivity index (χ1n) is 5.19. The molecular formula is C11H16O3. The molecule has 1 aliphatic carbocycles. The van der Waals surface area contributed by atoms with E-state index in [1.54, 1.807) is 0 Å². The molecule has 0 aromatic heterocycles. The predicted molar refractivity (Wildman–Crippen MR) is 51.9 cm³/mol. The SMILES string of the molecule is CC1=C(CCC=O)C2(CC1)OCCO2. The first-order chi connectivity index (χ1) is 6.78. The zero-order valence-corrected chi connectivity index (χ0v) is 8.54. The minimum Gasteiger partial charge on any atom is -0.344 e. The number of carbonyl (C=O) groups is 1. The molecule has 0 amide bonds. The lowest BCUT2D eigenvalue weighted by Crippen LogP contribution is -2.29. The molecule has 0 bridgehead atoms. The summed E-state index contributed by atoms with van der Waals surface area (Å²) in [5.74, 6) is -0.451. The van der Waals surface area contributed by atoms with Crippen LogP contribution in [0.5, 0.6) is 0 Å². The van der Waals surface area contributed by atoms with Crippen LogP contribution in [0.4, 0.5) is 0 Å². The van der Waals surface area contributed by atoms with Crippen molar-refractivity contribution in [3.8, 4) is 0 Å². The first kappa shape index (κ1) is 9.87. The number of ether oxygens (including phenoxy) is 2. The molecule has 1 fully saturated rings. The minimum atomic E-state index is -0.451. The van der Waals surface area contributed by atoms with Gasteiger partial charge in [0.2, 0.25) is 0 Å². The molecule has 1 spiro atoms. The molecule has 0 unspecified atom stereocenters. The van der Waals surface area contributed by atoms with Gasteiger partial charge in [0.25, 0.3) is 0 Å². The fourth-order valence-corrected chi connectivity index (χ4v) is 2.36. The highest BCUT2D eigenvalue weighted by molar-refractivity contribution is 5.50. The Morgan fingerprint density at radius 3 is 2.79 bits per heavy atom. The van der Waals surface area contributed by atoms with Crippen molar-refractivity contribution in [2.45, 2.75) is 38.4 Å². The molecule has 1 heterocycles. The van der Waals surface area contributed by atoms with Crippen molar-refractivity contribution in [3.05, 3.63) is 11.1 Å². The molecule has 2 aliphatic rings. The second kappa shape index (κ2) is 3.83. The third-order valence-electron chi connectivity index (χ3n) is 3.07. The van der Waals surface area contributed by atoms with Crippen LogP contribution < -0.4 is 0 Å². The van der Waals surface area contributed by atoms with E-state index in [4.69, 9.17) is 9.47 Å². The van der Waals surface area contributed by atoms with E-state index >= 15 is 0 Å². The van der Waals surface area contributed by atoms with E-state index in [0.717, 1.165) is 25.5 Å². The average Bonchev–Trinajstić information content (AvgIpc) is 2.75. The van der Waals surface area contributed by atoms with E-state index in [9.17, 15) is 4.79 Å². The van der Waals surface area contributed by atoms with Gasteiger partial charge in [-0.1, -0.05) is 5.57 Å². The standard InChI is InChI=1S/C11H16O3/c1-9-4-5-11(13-7-8-14-11)10(9)3-2-6-12/h6H,2-5,7-8H2,1H3. The molecule has 0 radical (unpaired) electrons. The Morgan fingerprint density at radius 1 is 1.43 bits per heavy atom. The molecule has 0 atom stereocenters. The van der Waals surface area contributed by atoms with Gasteiger partial charge >= 0.3 is 0 Å². The van der Waals surface area contributed by atoms with Gasteiger partial charge in [0, 0.05) is 12.8 Å². The van der Waals surface area contributed by atoms with Crippen molar-refractivity contribution >= 4 is 6.29 Å². The van der Waals surface area contributed by atoms with Gasteiger partial charge in [-0.05, 0) is 25.3 Å². The Labute approximate surface area is 84.1 Å². The molecule has 0 aromatic rings. The summed E-state index contributed by atoms with van der Waals surface area (Å²) in [4.78, 5) is 10.4. The summed E-state index contributed by atoms with van der Waals surface area (Å²) in [7, 11) is 0. The van der Waals surface area contributed by atoms with Crippen LogP contribution in [0.2, 0.25) is 0 Å². The lowest BCUT2D eigenvalue weighted by atomic mass is 10.0. The Kier molecular flexibility index (Phi) is 2.70. The fourth-order valence-electron chi connectivity index (χ4n) is 2.36. The highest BCUT2D eigenvalue weighted by atomic mass is 16.7. The van der Waals surface area contributed by atoms with Crippen LogP contribution in [0, 0.1) is 0 Å². The van der Waals surface area contributed by atoms with E-state index in [1.807, 2.05) is 0 Å². The normalized spacial score (nSPS) is 24.9. The first-order valence-corrected chi connectivity index (χ1v) is 5.19. The van der Waals surface area contributed by atoms with E-state index in [1.165, 1.54) is 11.1 Å². The molecule has 0 N–H and O–H groups in total. The van der Waals surface area contributed by atoms with Crippen LogP contribution in [0.25, 0.3) is 0 Å². The Balaban J connectivity index is 2.15. The monoisotopic (exact) mass is 196 g/mol. The van der Waals surface area contributed by atoms with Gasteiger partial charge in [-0.2, -0.15) is 0 Å². The van der Waals surface area contributed by atoms with Crippen molar-refractivity contribution in [2.75, 3.05) is 13.2 Å². The molecule has 1 aliphatic heterocycles. The van der Waals surface area contributed by atoms with E-state index in [0.29, 0.717) is 19.6 Å². The van der Waals surface area contributed by atoms with Crippen LogP contribution in [-0.2, 0) is 14.3 Å². The highest BCUT2D eigenvalue weighted by Gasteiger charge is 2.44. The zero-order chi connectivity index (χ0) is 10.0. The molecule has 3 heteroatoms. The van der Waals surface area contributed by atoms with Gasteiger partial charge in [-0.15, -0.1) is 0 Å². The number of allylic oxidation sites excluding steroid dienone is 1. The van der Waals surface area contributed by atoms with Gasteiger partial charge in [0.1, 0.15) is 6.29 Å². The average molecular weight is 196 g/mol. The van der Waals surface area contributed by atoms with Gasteiger partial charge in [0.15, 0.2) is 5.79 Å². The summed E-state index contributed by atoms with van der Waals surface area (Å²) in [6, 6.07) is 0. The zero-order valence-electron chi connectivity index (χ0n) is 8.54. The number of aldehydes is 1. The molecule has 0 aromatic carbocycles. The highest BCUT2D eigenvalue weighted by Crippen LogP contribution is 2.43. The number of hydrogen-bond donors (Lipinski definition) is 0. The molecule has 1 saturated heterocycles. The van der Waals surface area contributed by atoms with Crippen LogP contribution in [-0.4, -0.2) is 25.3 Å². The number of rotatable bonds is 3. The van der Waals surface area contributed by atoms with Crippen LogP contribution >= 0.6 is 0 Å². The Morgan fingerprint density at radius 2 is 2.14 bits per heavy atom. The summed E-state index contributed by atoms with van der Waals surface area (Å²) in [6.07, 6.45) is 4.28. The molecule has 0 saturated carbocycles. The third-order valence-corrected chi connectivity index (χ3v) is 3.07. The fraction of sp³-hybridized carbons (Fsp3) is 0.727. The summed E-state index contributed by atoms with van der Waals surface area (Å²) in [5, 5.41) is 0. The second-order valence-electron chi connectivity index (χ2n) is 3.91. The van der Waals surface area contributed by atoms with Crippen molar-refractivity contribution in [2.24, 2.45) is 0 Å². The predicted octanol–water partition coefficient (Wildman–Crippen LogP) is 1.82. The molecule has 3 nitrogen and oxygen atoms in total. The van der Waals surface area contributed by atoms with E-state index in [2.05, 4.69) is 6.92 Å².